The van der Waals surface area contributed by atoms with E-state index in [0.717, 1.165) is 40.2 Å². The van der Waals surface area contributed by atoms with Gasteiger partial charge in [-0.2, -0.15) is 9.61 Å². The summed E-state index contributed by atoms with van der Waals surface area (Å²) >= 11 is 3.61. The van der Waals surface area contributed by atoms with Crippen molar-refractivity contribution in [3.05, 3.63) is 35.1 Å². The van der Waals surface area contributed by atoms with Crippen LogP contribution in [-0.2, 0) is 4.79 Å². The van der Waals surface area contributed by atoms with Gasteiger partial charge < -0.3 is 10.6 Å². The second-order valence-corrected chi connectivity index (χ2v) is 9.37. The van der Waals surface area contributed by atoms with E-state index in [-0.39, 0.29) is 11.9 Å². The van der Waals surface area contributed by atoms with Crippen molar-refractivity contribution in [2.24, 2.45) is 0 Å². The van der Waals surface area contributed by atoms with E-state index in [0.29, 0.717) is 30.0 Å². The highest BCUT2D eigenvalue weighted by Crippen LogP contribution is 2.33. The first-order valence-corrected chi connectivity index (χ1v) is 11.9. The fourth-order valence-corrected chi connectivity index (χ4v) is 4.80. The summed E-state index contributed by atoms with van der Waals surface area (Å²) in [7, 11) is 0. The molecule has 4 heterocycles. The molecule has 1 saturated carbocycles. The third kappa shape index (κ3) is 3.33. The Hall–Kier alpha value is -3.01. The summed E-state index contributed by atoms with van der Waals surface area (Å²) in [6, 6.07) is 6.02. The second kappa shape index (κ2) is 7.84. The van der Waals surface area contributed by atoms with Crippen LogP contribution < -0.4 is 10.6 Å². The van der Waals surface area contributed by atoms with E-state index < -0.39 is 0 Å². The molecule has 2 N–H and O–H groups in total. The van der Waals surface area contributed by atoms with E-state index in [4.69, 9.17) is 15.1 Å². The number of benzene rings is 1. The van der Waals surface area contributed by atoms with Crippen molar-refractivity contribution in [3.8, 4) is 11.4 Å². The summed E-state index contributed by atoms with van der Waals surface area (Å²) in [6.45, 7) is 0.710. The van der Waals surface area contributed by atoms with Gasteiger partial charge in [-0.3, -0.25) is 9.48 Å². The summed E-state index contributed by atoms with van der Waals surface area (Å²) in [5.74, 6) is 1.09. The van der Waals surface area contributed by atoms with Crippen LogP contribution in [0.15, 0.2) is 35.1 Å². The van der Waals surface area contributed by atoms with Gasteiger partial charge in [-0.05, 0) is 66.6 Å². The zero-order chi connectivity index (χ0) is 21.7. The Morgan fingerprint density at radius 1 is 1.12 bits per heavy atom. The van der Waals surface area contributed by atoms with E-state index >= 15 is 0 Å². The number of rotatable bonds is 4. The molecular weight excluding hydrogens is 472 g/mol. The molecule has 3 aromatic heterocycles. The third-order valence-corrected chi connectivity index (χ3v) is 7.04. The fourth-order valence-electron chi connectivity index (χ4n) is 4.35. The summed E-state index contributed by atoms with van der Waals surface area (Å²) in [6.07, 6.45) is 10.1. The number of hydrogen-bond donors (Lipinski definition) is 2. The number of fused-ring (bicyclic) bond motifs is 3. The van der Waals surface area contributed by atoms with Gasteiger partial charge in [0.05, 0.1) is 23.3 Å². The lowest BCUT2D eigenvalue weighted by Gasteiger charge is -2.25. The summed E-state index contributed by atoms with van der Waals surface area (Å²) in [5, 5.41) is 16.5. The average molecular weight is 495 g/mol. The molecule has 1 amide bonds. The monoisotopic (exact) mass is 494 g/mol. The van der Waals surface area contributed by atoms with E-state index in [2.05, 4.69) is 31.7 Å². The van der Waals surface area contributed by atoms with E-state index in [1.54, 1.807) is 4.52 Å². The molecule has 0 radical (unpaired) electrons. The maximum atomic E-state index is 12.5. The van der Waals surface area contributed by atoms with Gasteiger partial charge in [-0.15, -0.1) is 5.10 Å². The maximum absolute atomic E-state index is 12.5. The van der Waals surface area contributed by atoms with Crippen molar-refractivity contribution in [2.45, 2.75) is 50.6 Å². The number of para-hydroxylation sites is 1. The van der Waals surface area contributed by atoms with Gasteiger partial charge in [0, 0.05) is 22.6 Å². The molecule has 164 valence electrons. The van der Waals surface area contributed by atoms with Gasteiger partial charge in [-0.25, -0.2) is 9.97 Å². The van der Waals surface area contributed by atoms with Crippen LogP contribution in [-0.4, -0.2) is 47.9 Å². The first-order chi connectivity index (χ1) is 15.7. The molecular formula is C22H23BrN8O. The Morgan fingerprint density at radius 3 is 2.88 bits per heavy atom. The molecule has 1 atom stereocenters. The zero-order valence-electron chi connectivity index (χ0n) is 17.5. The molecule has 0 unspecified atom stereocenters. The number of amides is 1. The highest BCUT2D eigenvalue weighted by molar-refractivity contribution is 9.10. The van der Waals surface area contributed by atoms with Crippen LogP contribution in [0, 0.1) is 0 Å². The SMILES string of the molecule is O=C1NCCCC[C@H]1Nc1nc2c(Br)cccc2c2nc(-c3cnn(C4CCC4)c3)nn12. The number of anilines is 1. The van der Waals surface area contributed by atoms with E-state index in [9.17, 15) is 4.79 Å². The van der Waals surface area contributed by atoms with Crippen molar-refractivity contribution in [1.82, 2.24) is 34.7 Å². The number of carbonyl (C=O) groups excluding carboxylic acids is 1. The van der Waals surface area contributed by atoms with Crippen LogP contribution in [0.5, 0.6) is 0 Å². The molecule has 0 bridgehead atoms. The standard InChI is InChI=1S/C22H23BrN8O/c23-16-8-4-7-15-18(16)27-22(26-17-9-1-2-10-24-21(17)32)31-20(15)28-19(29-31)13-11-25-30(12-13)14-5-3-6-14/h4,7-8,11-12,14,17H,1-3,5-6,9-10H2,(H,24,32)(H,26,27)/t17-/m1/s1. The molecule has 2 fully saturated rings. The topological polar surface area (TPSA) is 102 Å². The smallest absolute Gasteiger partial charge is 0.242 e. The highest BCUT2D eigenvalue weighted by atomic mass is 79.9. The van der Waals surface area contributed by atoms with E-state index in [1.165, 1.54) is 19.3 Å². The van der Waals surface area contributed by atoms with Crippen LogP contribution in [0.2, 0.25) is 0 Å². The van der Waals surface area contributed by atoms with Crippen molar-refractivity contribution in [2.75, 3.05) is 11.9 Å². The summed E-state index contributed by atoms with van der Waals surface area (Å²) in [5.41, 5.74) is 2.35. The lowest BCUT2D eigenvalue weighted by Crippen LogP contribution is -2.38. The van der Waals surface area contributed by atoms with Crippen molar-refractivity contribution in [1.29, 1.82) is 0 Å². The summed E-state index contributed by atoms with van der Waals surface area (Å²) < 4.78 is 4.60. The highest BCUT2D eigenvalue weighted by Gasteiger charge is 2.25. The zero-order valence-corrected chi connectivity index (χ0v) is 19.0. The van der Waals surface area contributed by atoms with Gasteiger partial charge in [0.25, 0.3) is 0 Å². The predicted octanol–water partition coefficient (Wildman–Crippen LogP) is 3.71. The minimum absolute atomic E-state index is 0.00760. The Labute approximate surface area is 192 Å². The lowest BCUT2D eigenvalue weighted by molar-refractivity contribution is -0.121. The number of hydrogen-bond acceptors (Lipinski definition) is 6. The molecule has 32 heavy (non-hydrogen) atoms. The van der Waals surface area contributed by atoms with E-state index in [1.807, 2.05) is 35.3 Å². The van der Waals surface area contributed by atoms with Crippen molar-refractivity contribution in [3.63, 3.8) is 0 Å². The number of nitrogens with zero attached hydrogens (tertiary/aromatic N) is 6. The molecule has 4 aromatic rings. The van der Waals surface area contributed by atoms with Crippen LogP contribution in [0.25, 0.3) is 27.9 Å². The summed E-state index contributed by atoms with van der Waals surface area (Å²) in [4.78, 5) is 22.2. The van der Waals surface area contributed by atoms with Crippen molar-refractivity contribution < 1.29 is 4.79 Å². The molecule has 9 nitrogen and oxygen atoms in total. The van der Waals surface area contributed by atoms with Crippen LogP contribution >= 0.6 is 15.9 Å². The molecule has 1 aromatic carbocycles. The lowest BCUT2D eigenvalue weighted by atomic mass is 9.93. The normalized spacial score (nSPS) is 19.7. The molecule has 1 saturated heterocycles. The Bertz CT molecular complexity index is 1320. The number of halogens is 1. The van der Waals surface area contributed by atoms with Crippen LogP contribution in [0.4, 0.5) is 5.95 Å². The van der Waals surface area contributed by atoms with Crippen LogP contribution in [0.3, 0.4) is 0 Å². The Balaban J connectivity index is 1.47. The molecule has 1 aliphatic heterocycles. The number of carbonyl (C=O) groups is 1. The number of aromatic nitrogens is 6. The van der Waals surface area contributed by atoms with Gasteiger partial charge in [0.15, 0.2) is 11.5 Å². The maximum Gasteiger partial charge on any atom is 0.242 e. The first kappa shape index (κ1) is 19.7. The van der Waals surface area contributed by atoms with Crippen molar-refractivity contribution >= 4 is 44.3 Å². The van der Waals surface area contributed by atoms with Gasteiger partial charge in [0.2, 0.25) is 11.9 Å². The quantitative estimate of drug-likeness (QED) is 0.448. The van der Waals surface area contributed by atoms with Gasteiger partial charge in [0.1, 0.15) is 6.04 Å². The molecule has 6 rings (SSSR count). The minimum Gasteiger partial charge on any atom is -0.354 e. The second-order valence-electron chi connectivity index (χ2n) is 8.52. The predicted molar refractivity (Wildman–Crippen MR) is 124 cm³/mol. The Morgan fingerprint density at radius 2 is 2.03 bits per heavy atom. The minimum atomic E-state index is -0.359. The van der Waals surface area contributed by atoms with Gasteiger partial charge in [-0.1, -0.05) is 6.07 Å². The Kier molecular flexibility index (Phi) is 4.82. The third-order valence-electron chi connectivity index (χ3n) is 6.40. The largest absolute Gasteiger partial charge is 0.354 e. The average Bonchev–Trinajstić information content (AvgIpc) is 3.35. The molecule has 1 aliphatic carbocycles. The molecule has 2 aliphatic rings. The van der Waals surface area contributed by atoms with Gasteiger partial charge >= 0.3 is 0 Å². The number of nitrogens with one attached hydrogen (secondary N) is 2. The first-order valence-electron chi connectivity index (χ1n) is 11.1. The molecule has 10 heteroatoms. The fraction of sp³-hybridized carbons (Fsp3) is 0.409. The molecule has 0 spiro atoms. The van der Waals surface area contributed by atoms with Crippen LogP contribution in [0.1, 0.15) is 44.6 Å².